The fourth-order valence-corrected chi connectivity index (χ4v) is 6.29. The minimum absolute atomic E-state index is 0.0171. The van der Waals surface area contributed by atoms with Crippen LogP contribution in [0.2, 0.25) is 10.0 Å². The second kappa shape index (κ2) is 14.8. The molecule has 15 heteroatoms. The molecule has 0 aromatic heterocycles. The monoisotopic (exact) mass is 668 g/mol. The van der Waals surface area contributed by atoms with Crippen LogP contribution in [0.4, 0.5) is 10.5 Å². The Morgan fingerprint density at radius 3 is 2.11 bits per heavy atom. The molecule has 12 nitrogen and oxygen atoms in total. The van der Waals surface area contributed by atoms with Crippen molar-refractivity contribution >= 4 is 51.0 Å². The highest BCUT2D eigenvalue weighted by Gasteiger charge is 2.30. The molecule has 0 N–H and O–H groups in total. The molecule has 0 bridgehead atoms. The summed E-state index contributed by atoms with van der Waals surface area (Å²) in [4.78, 5) is 26.5. The molecule has 1 aliphatic rings. The van der Waals surface area contributed by atoms with Crippen molar-refractivity contribution in [2.24, 2.45) is 0 Å². The van der Waals surface area contributed by atoms with Gasteiger partial charge >= 0.3 is 12.1 Å². The van der Waals surface area contributed by atoms with Gasteiger partial charge in [-0.3, -0.25) is 9.69 Å². The van der Waals surface area contributed by atoms with Gasteiger partial charge in [0.1, 0.15) is 34.4 Å². The van der Waals surface area contributed by atoms with Crippen molar-refractivity contribution in [3.63, 3.8) is 0 Å². The lowest BCUT2D eigenvalue weighted by Crippen LogP contribution is -2.40. The van der Waals surface area contributed by atoms with E-state index in [1.165, 1.54) is 61.0 Å². The number of morpholine rings is 1. The van der Waals surface area contributed by atoms with E-state index < -0.39 is 28.6 Å². The Morgan fingerprint density at radius 2 is 1.52 bits per heavy atom. The molecule has 0 unspecified atom stereocenters. The largest absolute Gasteiger partial charge is 0.497 e. The maximum atomic E-state index is 13.4. The molecule has 0 radical (unpaired) electrons. The quantitative estimate of drug-likeness (QED) is 0.245. The van der Waals surface area contributed by atoms with Crippen molar-refractivity contribution in [1.82, 2.24) is 4.31 Å². The summed E-state index contributed by atoms with van der Waals surface area (Å²) < 4.78 is 60.2. The average Bonchev–Trinajstić information content (AvgIpc) is 3.02. The topological polar surface area (TPSA) is 130 Å². The van der Waals surface area contributed by atoms with Gasteiger partial charge in [-0.05, 0) is 55.5 Å². The van der Waals surface area contributed by atoms with Gasteiger partial charge < -0.3 is 28.4 Å². The van der Waals surface area contributed by atoms with Crippen molar-refractivity contribution in [2.45, 2.75) is 11.8 Å². The Hall–Kier alpha value is -3.75. The van der Waals surface area contributed by atoms with Crippen LogP contribution in [0.25, 0.3) is 0 Å². The molecule has 1 amide bonds. The van der Waals surface area contributed by atoms with Crippen LogP contribution >= 0.6 is 23.2 Å². The van der Waals surface area contributed by atoms with Crippen molar-refractivity contribution in [3.8, 4) is 28.7 Å². The predicted molar refractivity (Wildman–Crippen MR) is 162 cm³/mol. The fraction of sp³-hybridized carbons (Fsp3) is 0.310. The standard InChI is InChI=1S/C29H30Cl2N2O10S/c1-4-41-27(34)18-33(29(35)43-21-7-5-20(38-2)6-8-21)19-15-23(30)28(24(31)16-19)42-22-9-10-25(39-3)26(17-22)44(36,37)32-11-13-40-14-12-32/h5-10,15-17H,4,11-14,18H2,1-3H3. The number of esters is 1. The van der Waals surface area contributed by atoms with Crippen LogP contribution < -0.4 is 23.8 Å². The second-order valence-corrected chi connectivity index (χ2v) is 11.8. The summed E-state index contributed by atoms with van der Waals surface area (Å²) in [7, 11) is -1.07. The number of anilines is 1. The summed E-state index contributed by atoms with van der Waals surface area (Å²) in [6, 6.07) is 13.2. The van der Waals surface area contributed by atoms with Gasteiger partial charge in [0.2, 0.25) is 10.0 Å². The third kappa shape index (κ3) is 7.85. The van der Waals surface area contributed by atoms with E-state index in [4.69, 9.17) is 51.6 Å². The fourth-order valence-electron chi connectivity index (χ4n) is 4.16. The average molecular weight is 670 g/mol. The van der Waals surface area contributed by atoms with E-state index in [1.54, 1.807) is 19.1 Å². The maximum absolute atomic E-state index is 13.4. The minimum Gasteiger partial charge on any atom is -0.497 e. The number of rotatable bonds is 11. The van der Waals surface area contributed by atoms with E-state index in [1.807, 2.05) is 0 Å². The first-order valence-electron chi connectivity index (χ1n) is 13.3. The molecule has 3 aromatic rings. The Bertz CT molecular complexity index is 1570. The first-order chi connectivity index (χ1) is 21.1. The van der Waals surface area contributed by atoms with Gasteiger partial charge in [-0.2, -0.15) is 4.31 Å². The summed E-state index contributed by atoms with van der Waals surface area (Å²) in [5.41, 5.74) is 0.115. The molecule has 0 saturated carbocycles. The zero-order chi connectivity index (χ0) is 31.9. The smallest absolute Gasteiger partial charge is 0.420 e. The number of halogens is 2. The molecule has 1 aliphatic heterocycles. The van der Waals surface area contributed by atoms with Crippen molar-refractivity contribution < 1.29 is 46.4 Å². The molecule has 1 heterocycles. The van der Waals surface area contributed by atoms with Gasteiger partial charge in [0, 0.05) is 19.2 Å². The van der Waals surface area contributed by atoms with Crippen LogP contribution in [-0.4, -0.2) is 78.5 Å². The highest BCUT2D eigenvalue weighted by molar-refractivity contribution is 7.89. The van der Waals surface area contributed by atoms with Gasteiger partial charge in [0.15, 0.2) is 5.75 Å². The van der Waals surface area contributed by atoms with Crippen molar-refractivity contribution in [3.05, 3.63) is 64.6 Å². The molecule has 44 heavy (non-hydrogen) atoms. The van der Waals surface area contributed by atoms with Gasteiger partial charge in [0.25, 0.3) is 0 Å². The van der Waals surface area contributed by atoms with Crippen LogP contribution in [0.15, 0.2) is 59.5 Å². The zero-order valence-corrected chi connectivity index (χ0v) is 26.4. The molecular weight excluding hydrogens is 639 g/mol. The lowest BCUT2D eigenvalue weighted by molar-refractivity contribution is -0.141. The number of hydrogen-bond acceptors (Lipinski definition) is 10. The Balaban J connectivity index is 1.63. The molecule has 3 aromatic carbocycles. The Kier molecular flexibility index (Phi) is 11.2. The molecule has 0 atom stereocenters. The zero-order valence-electron chi connectivity index (χ0n) is 24.1. The third-order valence-corrected chi connectivity index (χ3v) is 8.80. The molecule has 0 spiro atoms. The number of methoxy groups -OCH3 is 2. The second-order valence-electron chi connectivity index (χ2n) is 9.10. The van der Waals surface area contributed by atoms with Crippen molar-refractivity contribution in [1.29, 1.82) is 0 Å². The first-order valence-corrected chi connectivity index (χ1v) is 15.5. The minimum atomic E-state index is -3.94. The van der Waals surface area contributed by atoms with Crippen LogP contribution in [0.3, 0.4) is 0 Å². The molecular formula is C29H30Cl2N2O10S. The number of carbonyl (C=O) groups is 2. The van der Waals surface area contributed by atoms with Gasteiger partial charge in [-0.15, -0.1) is 0 Å². The van der Waals surface area contributed by atoms with Crippen LogP contribution in [-0.2, 0) is 24.3 Å². The predicted octanol–water partition coefficient (Wildman–Crippen LogP) is 5.39. The van der Waals surface area contributed by atoms with Crippen LogP contribution in [0, 0.1) is 0 Å². The normalized spacial score (nSPS) is 13.6. The molecule has 1 saturated heterocycles. The highest BCUT2D eigenvalue weighted by Crippen LogP contribution is 2.41. The summed E-state index contributed by atoms with van der Waals surface area (Å²) in [5, 5.41) is -0.0704. The molecule has 236 valence electrons. The lowest BCUT2D eigenvalue weighted by atomic mass is 10.2. The third-order valence-electron chi connectivity index (χ3n) is 6.32. The number of ether oxygens (including phenoxy) is 6. The van der Waals surface area contributed by atoms with E-state index >= 15 is 0 Å². The number of nitrogens with zero attached hydrogens (tertiary/aromatic N) is 2. The SMILES string of the molecule is CCOC(=O)CN(C(=O)Oc1ccc(OC)cc1)c1cc(Cl)c(Oc2ccc(OC)c(S(=O)(=O)N3CCOCC3)c2)c(Cl)c1. The number of carbonyl (C=O) groups excluding carboxylic acids is 2. The number of hydrogen-bond donors (Lipinski definition) is 0. The number of sulfonamides is 1. The van der Waals surface area contributed by atoms with Crippen LogP contribution in [0.5, 0.6) is 28.7 Å². The van der Waals surface area contributed by atoms with E-state index in [0.717, 1.165) is 4.90 Å². The summed E-state index contributed by atoms with van der Waals surface area (Å²) in [6.45, 7) is 2.16. The number of benzene rings is 3. The van der Waals surface area contributed by atoms with Gasteiger partial charge in [-0.1, -0.05) is 23.2 Å². The van der Waals surface area contributed by atoms with Crippen molar-refractivity contribution in [2.75, 3.05) is 58.6 Å². The van der Waals surface area contributed by atoms with Gasteiger partial charge in [0.05, 0.1) is 49.8 Å². The Labute approximate surface area is 264 Å². The first kappa shape index (κ1) is 33.1. The summed E-state index contributed by atoms with van der Waals surface area (Å²) in [6.07, 6.45) is -0.905. The maximum Gasteiger partial charge on any atom is 0.420 e. The lowest BCUT2D eigenvalue weighted by Gasteiger charge is -2.27. The molecule has 1 fully saturated rings. The molecule has 4 rings (SSSR count). The van der Waals surface area contributed by atoms with E-state index in [2.05, 4.69) is 0 Å². The van der Waals surface area contributed by atoms with Crippen LogP contribution in [0.1, 0.15) is 6.92 Å². The van der Waals surface area contributed by atoms with E-state index in [9.17, 15) is 18.0 Å². The van der Waals surface area contributed by atoms with Gasteiger partial charge in [-0.25, -0.2) is 13.2 Å². The van der Waals surface area contributed by atoms with E-state index in [0.29, 0.717) is 5.75 Å². The highest BCUT2D eigenvalue weighted by atomic mass is 35.5. The summed E-state index contributed by atoms with van der Waals surface area (Å²) in [5.74, 6) is 0.280. The summed E-state index contributed by atoms with van der Waals surface area (Å²) >= 11 is 13.1. The number of amides is 1. The molecule has 0 aliphatic carbocycles. The Morgan fingerprint density at radius 1 is 0.909 bits per heavy atom. The van der Waals surface area contributed by atoms with E-state index in [-0.39, 0.29) is 76.5 Å².